The van der Waals surface area contributed by atoms with E-state index in [0.717, 1.165) is 36.4 Å². The second kappa shape index (κ2) is 7.80. The van der Waals surface area contributed by atoms with E-state index in [0.29, 0.717) is 11.7 Å². The highest BCUT2D eigenvalue weighted by atomic mass is 19.2. The molecule has 0 aliphatic heterocycles. The summed E-state index contributed by atoms with van der Waals surface area (Å²) in [5, 5.41) is 10.0. The molecule has 0 spiro atoms. The van der Waals surface area contributed by atoms with Gasteiger partial charge in [0.15, 0.2) is 11.6 Å². The Hall–Kier alpha value is -3.22. The Morgan fingerprint density at radius 3 is 2.43 bits per heavy atom. The Labute approximate surface area is 161 Å². The number of hydrogen-bond acceptors (Lipinski definition) is 2. The summed E-state index contributed by atoms with van der Waals surface area (Å²) in [4.78, 5) is 12.4. The van der Waals surface area contributed by atoms with E-state index in [2.05, 4.69) is 10.6 Å². The molecule has 1 heterocycles. The number of hydrogen-bond donors (Lipinski definition) is 2. The summed E-state index contributed by atoms with van der Waals surface area (Å²) < 4.78 is 28.1. The van der Waals surface area contributed by atoms with Crippen LogP contribution < -0.4 is 10.6 Å². The fourth-order valence-electron chi connectivity index (χ4n) is 3.53. The van der Waals surface area contributed by atoms with Crippen LogP contribution in [0.15, 0.2) is 54.6 Å². The summed E-state index contributed by atoms with van der Waals surface area (Å²) in [6, 6.07) is 14.1. The van der Waals surface area contributed by atoms with Crippen LogP contribution in [0, 0.1) is 11.6 Å². The van der Waals surface area contributed by atoms with Gasteiger partial charge in [0.1, 0.15) is 5.82 Å². The van der Waals surface area contributed by atoms with Crippen LogP contribution in [-0.4, -0.2) is 15.8 Å². The molecule has 0 saturated heterocycles. The molecular weight excluding hydrogens is 362 g/mol. The average Bonchev–Trinajstić information content (AvgIpc) is 3.35. The van der Waals surface area contributed by atoms with Gasteiger partial charge < -0.3 is 5.32 Å². The third kappa shape index (κ3) is 3.88. The minimum Gasteiger partial charge on any atom is -0.308 e. The molecule has 0 bridgehead atoms. The van der Waals surface area contributed by atoms with Crippen molar-refractivity contribution < 1.29 is 13.6 Å². The first-order valence-electron chi connectivity index (χ1n) is 9.28. The van der Waals surface area contributed by atoms with E-state index in [1.54, 1.807) is 4.68 Å². The number of benzene rings is 2. The zero-order valence-electron chi connectivity index (χ0n) is 15.2. The number of carbonyl (C=O) groups is 1. The van der Waals surface area contributed by atoms with Gasteiger partial charge in [-0.15, -0.1) is 0 Å². The van der Waals surface area contributed by atoms with Gasteiger partial charge in [-0.2, -0.15) is 5.10 Å². The summed E-state index contributed by atoms with van der Waals surface area (Å²) in [5.74, 6) is -1.07. The fourth-order valence-corrected chi connectivity index (χ4v) is 3.53. The predicted octanol–water partition coefficient (Wildman–Crippen LogP) is 5.45. The molecule has 1 saturated carbocycles. The van der Waals surface area contributed by atoms with E-state index in [1.165, 1.54) is 18.9 Å². The minimum absolute atomic E-state index is 0.165. The zero-order chi connectivity index (χ0) is 19.5. The molecule has 1 aromatic heterocycles. The van der Waals surface area contributed by atoms with Crippen molar-refractivity contribution in [2.45, 2.75) is 31.6 Å². The molecule has 1 fully saturated rings. The maximum absolute atomic E-state index is 13.4. The Kier molecular flexibility index (Phi) is 5.06. The molecule has 0 atom stereocenters. The smallest absolute Gasteiger partial charge is 0.308 e. The summed E-state index contributed by atoms with van der Waals surface area (Å²) in [6.07, 6.45) is 4.54. The van der Waals surface area contributed by atoms with E-state index < -0.39 is 17.7 Å². The van der Waals surface area contributed by atoms with Crippen LogP contribution in [0.5, 0.6) is 0 Å². The number of urea groups is 1. The van der Waals surface area contributed by atoms with E-state index in [4.69, 9.17) is 5.10 Å². The van der Waals surface area contributed by atoms with Crippen molar-refractivity contribution in [3.05, 3.63) is 71.9 Å². The quantitative estimate of drug-likeness (QED) is 0.630. The first kappa shape index (κ1) is 18.2. The molecule has 3 aromatic rings. The minimum atomic E-state index is -1.02. The molecule has 1 aliphatic carbocycles. The van der Waals surface area contributed by atoms with Crippen molar-refractivity contribution in [2.24, 2.45) is 0 Å². The summed E-state index contributed by atoms with van der Waals surface area (Å²) in [7, 11) is 0. The van der Waals surface area contributed by atoms with Gasteiger partial charge in [-0.25, -0.2) is 18.3 Å². The lowest BCUT2D eigenvalue weighted by molar-refractivity contribution is 0.262. The van der Waals surface area contributed by atoms with Crippen molar-refractivity contribution in [2.75, 3.05) is 10.6 Å². The highest BCUT2D eigenvalue weighted by molar-refractivity contribution is 5.99. The molecule has 2 N–H and O–H groups in total. The van der Waals surface area contributed by atoms with Crippen LogP contribution in [-0.2, 0) is 0 Å². The molecule has 0 radical (unpaired) electrons. The van der Waals surface area contributed by atoms with Gasteiger partial charge in [0.05, 0.1) is 11.4 Å². The van der Waals surface area contributed by atoms with Gasteiger partial charge >= 0.3 is 6.03 Å². The number of para-hydroxylation sites is 1. The number of anilines is 2. The van der Waals surface area contributed by atoms with Gasteiger partial charge in [-0.05, 0) is 37.1 Å². The normalized spacial score (nSPS) is 14.2. The average molecular weight is 382 g/mol. The van der Waals surface area contributed by atoms with Crippen LogP contribution in [0.2, 0.25) is 0 Å². The molecule has 144 valence electrons. The van der Waals surface area contributed by atoms with Gasteiger partial charge in [0, 0.05) is 23.7 Å². The molecule has 2 aromatic carbocycles. The largest absolute Gasteiger partial charge is 0.324 e. The Morgan fingerprint density at radius 1 is 0.964 bits per heavy atom. The number of carbonyl (C=O) groups excluding carboxylic acids is 1. The van der Waals surface area contributed by atoms with Crippen molar-refractivity contribution >= 4 is 17.5 Å². The monoisotopic (exact) mass is 382 g/mol. The Bertz CT molecular complexity index is 981. The van der Waals surface area contributed by atoms with Gasteiger partial charge in [0.25, 0.3) is 0 Å². The predicted molar refractivity (Wildman–Crippen MR) is 104 cm³/mol. The standard InChI is InChI=1S/C21H20F2N4O/c22-17-11-10-15(12-18(17)23)24-21(28)25-20-13-19(14-6-4-5-7-14)26-27(20)16-8-2-1-3-9-16/h1-3,8-14H,4-7H2,(H2,24,25,28). The van der Waals surface area contributed by atoms with Crippen LogP contribution in [0.1, 0.15) is 37.3 Å². The summed E-state index contributed by atoms with van der Waals surface area (Å²) >= 11 is 0. The summed E-state index contributed by atoms with van der Waals surface area (Å²) in [6.45, 7) is 0. The molecule has 2 amide bonds. The highest BCUT2D eigenvalue weighted by Gasteiger charge is 2.22. The number of rotatable bonds is 4. The molecule has 1 aliphatic rings. The van der Waals surface area contributed by atoms with Crippen molar-refractivity contribution in [3.63, 3.8) is 0 Å². The van der Waals surface area contributed by atoms with Crippen LogP contribution >= 0.6 is 0 Å². The topological polar surface area (TPSA) is 59.0 Å². The van der Waals surface area contributed by atoms with E-state index in [9.17, 15) is 13.6 Å². The van der Waals surface area contributed by atoms with Gasteiger partial charge in [-0.3, -0.25) is 5.32 Å². The second-order valence-corrected chi connectivity index (χ2v) is 6.89. The van der Waals surface area contributed by atoms with Crippen molar-refractivity contribution in [1.82, 2.24) is 9.78 Å². The molecule has 28 heavy (non-hydrogen) atoms. The molecule has 4 rings (SSSR count). The number of amides is 2. The lowest BCUT2D eigenvalue weighted by atomic mass is 10.0. The zero-order valence-corrected chi connectivity index (χ0v) is 15.2. The summed E-state index contributed by atoms with van der Waals surface area (Å²) in [5.41, 5.74) is 1.94. The first-order valence-corrected chi connectivity index (χ1v) is 9.28. The second-order valence-electron chi connectivity index (χ2n) is 6.89. The third-order valence-corrected chi connectivity index (χ3v) is 4.92. The Balaban J connectivity index is 1.58. The van der Waals surface area contributed by atoms with Crippen molar-refractivity contribution in [3.8, 4) is 5.69 Å². The molecule has 7 heteroatoms. The van der Waals surface area contributed by atoms with Crippen LogP contribution in [0.3, 0.4) is 0 Å². The highest BCUT2D eigenvalue weighted by Crippen LogP contribution is 2.35. The first-order chi connectivity index (χ1) is 13.6. The molecule has 5 nitrogen and oxygen atoms in total. The van der Waals surface area contributed by atoms with Gasteiger partial charge in [0.2, 0.25) is 0 Å². The van der Waals surface area contributed by atoms with E-state index in [-0.39, 0.29) is 5.69 Å². The van der Waals surface area contributed by atoms with Gasteiger partial charge in [-0.1, -0.05) is 31.0 Å². The van der Waals surface area contributed by atoms with Crippen LogP contribution in [0.4, 0.5) is 25.1 Å². The van der Waals surface area contributed by atoms with E-state index in [1.807, 2.05) is 36.4 Å². The number of nitrogens with one attached hydrogen (secondary N) is 2. The number of aromatic nitrogens is 2. The van der Waals surface area contributed by atoms with Crippen LogP contribution in [0.25, 0.3) is 5.69 Å². The number of nitrogens with zero attached hydrogens (tertiary/aromatic N) is 2. The maximum Gasteiger partial charge on any atom is 0.324 e. The lowest BCUT2D eigenvalue weighted by Crippen LogP contribution is -2.21. The maximum atomic E-state index is 13.4. The Morgan fingerprint density at radius 2 is 1.71 bits per heavy atom. The molecular formula is C21H20F2N4O. The van der Waals surface area contributed by atoms with Crippen molar-refractivity contribution in [1.29, 1.82) is 0 Å². The SMILES string of the molecule is O=C(Nc1ccc(F)c(F)c1)Nc1cc(C2CCCC2)nn1-c1ccccc1. The van der Waals surface area contributed by atoms with E-state index >= 15 is 0 Å². The molecule has 0 unspecified atom stereocenters. The third-order valence-electron chi connectivity index (χ3n) is 4.92. The number of halogens is 2. The fraction of sp³-hybridized carbons (Fsp3) is 0.238. The lowest BCUT2D eigenvalue weighted by Gasteiger charge is -2.10.